The normalized spacial score (nSPS) is 20.1. The van der Waals surface area contributed by atoms with E-state index in [0.29, 0.717) is 32.7 Å². The predicted molar refractivity (Wildman–Crippen MR) is 92.3 cm³/mol. The minimum absolute atomic E-state index is 0.0199. The zero-order chi connectivity index (χ0) is 18.4. The van der Waals surface area contributed by atoms with E-state index in [2.05, 4.69) is 20.4 Å². The molecule has 1 saturated heterocycles. The van der Waals surface area contributed by atoms with Crippen molar-refractivity contribution < 1.29 is 18.8 Å². The summed E-state index contributed by atoms with van der Waals surface area (Å²) in [4.78, 5) is 20.5. The highest BCUT2D eigenvalue weighted by atomic mass is 16.5. The van der Waals surface area contributed by atoms with E-state index >= 15 is 0 Å². The number of ether oxygens (including phenoxy) is 2. The Balaban J connectivity index is 1.50. The molecular formula is C18H24N4O4. The van der Waals surface area contributed by atoms with Crippen molar-refractivity contribution in [3.05, 3.63) is 41.3 Å². The van der Waals surface area contributed by atoms with Crippen LogP contribution < -0.4 is 5.32 Å². The molecular weight excluding hydrogens is 336 g/mol. The third-order valence-corrected chi connectivity index (χ3v) is 4.50. The van der Waals surface area contributed by atoms with Gasteiger partial charge in [0.25, 0.3) is 0 Å². The minimum atomic E-state index is -0.196. The number of carbonyl (C=O) groups excluding carboxylic acids is 1. The Labute approximate surface area is 152 Å². The van der Waals surface area contributed by atoms with E-state index in [9.17, 15) is 4.79 Å². The molecule has 2 atom stereocenters. The van der Waals surface area contributed by atoms with Crippen molar-refractivity contribution in [3.63, 3.8) is 0 Å². The molecule has 0 bridgehead atoms. The smallest absolute Gasteiger partial charge is 0.220 e. The van der Waals surface area contributed by atoms with Crippen LogP contribution in [-0.2, 0) is 27.3 Å². The van der Waals surface area contributed by atoms with Crippen LogP contribution in [0.1, 0.15) is 35.6 Å². The lowest BCUT2D eigenvalue weighted by Crippen LogP contribution is -2.50. The fourth-order valence-electron chi connectivity index (χ4n) is 2.92. The molecule has 3 rings (SSSR count). The first-order valence-electron chi connectivity index (χ1n) is 8.79. The van der Waals surface area contributed by atoms with Crippen LogP contribution >= 0.6 is 0 Å². The molecule has 0 unspecified atom stereocenters. The summed E-state index contributed by atoms with van der Waals surface area (Å²) in [5.74, 6) is 0.734. The van der Waals surface area contributed by atoms with E-state index in [1.807, 2.05) is 13.8 Å². The van der Waals surface area contributed by atoms with E-state index in [-0.39, 0.29) is 18.1 Å². The lowest BCUT2D eigenvalue weighted by atomic mass is 10.1. The molecule has 8 heteroatoms. The molecule has 1 amide bonds. The van der Waals surface area contributed by atoms with Crippen LogP contribution in [0.3, 0.4) is 0 Å². The number of carbonyl (C=O) groups is 1. The summed E-state index contributed by atoms with van der Waals surface area (Å²) < 4.78 is 16.7. The van der Waals surface area contributed by atoms with Gasteiger partial charge in [-0.05, 0) is 26.7 Å². The topological polar surface area (TPSA) is 99.4 Å². The molecule has 26 heavy (non-hydrogen) atoms. The van der Waals surface area contributed by atoms with E-state index in [1.165, 1.54) is 0 Å². The average molecular weight is 360 g/mol. The lowest BCUT2D eigenvalue weighted by molar-refractivity contribution is -0.126. The van der Waals surface area contributed by atoms with Crippen LogP contribution in [0.5, 0.6) is 0 Å². The fraction of sp³-hybridized carbons (Fsp3) is 0.556. The van der Waals surface area contributed by atoms with E-state index in [1.54, 1.807) is 18.6 Å². The Hall–Kier alpha value is -2.32. The number of rotatable bonds is 7. The molecule has 1 fully saturated rings. The number of aromatic nitrogens is 3. The van der Waals surface area contributed by atoms with Gasteiger partial charge in [0, 0.05) is 37.2 Å². The third kappa shape index (κ3) is 4.86. The molecule has 140 valence electrons. The third-order valence-electron chi connectivity index (χ3n) is 4.50. The first-order chi connectivity index (χ1) is 12.6. The molecule has 8 nitrogen and oxygen atoms in total. The van der Waals surface area contributed by atoms with Crippen molar-refractivity contribution in [2.45, 2.75) is 51.9 Å². The van der Waals surface area contributed by atoms with Crippen LogP contribution in [0.15, 0.2) is 23.1 Å². The second kappa shape index (κ2) is 8.86. The highest BCUT2D eigenvalue weighted by molar-refractivity contribution is 5.76. The summed E-state index contributed by atoms with van der Waals surface area (Å²) in [5, 5.41) is 7.00. The Morgan fingerprint density at radius 1 is 1.38 bits per heavy atom. The highest BCUT2D eigenvalue weighted by Gasteiger charge is 2.28. The Morgan fingerprint density at radius 3 is 3.00 bits per heavy atom. The summed E-state index contributed by atoms with van der Waals surface area (Å²) in [5.41, 5.74) is 2.58. The highest BCUT2D eigenvalue weighted by Crippen LogP contribution is 2.18. The average Bonchev–Trinajstić information content (AvgIpc) is 2.98. The van der Waals surface area contributed by atoms with E-state index in [4.69, 9.17) is 14.0 Å². The summed E-state index contributed by atoms with van der Waals surface area (Å²) >= 11 is 0. The van der Waals surface area contributed by atoms with Gasteiger partial charge in [0.1, 0.15) is 11.9 Å². The zero-order valence-corrected chi connectivity index (χ0v) is 15.1. The maximum absolute atomic E-state index is 12.3. The molecule has 1 aliphatic heterocycles. The molecule has 0 spiro atoms. The number of hydrogen-bond donors (Lipinski definition) is 1. The number of nitrogens with zero attached hydrogens (tertiary/aromatic N) is 3. The van der Waals surface area contributed by atoms with Crippen molar-refractivity contribution in [1.82, 2.24) is 20.4 Å². The standard InChI is InChI=1S/C18H24N4O4/c1-12-15(13(2)26-22-12)10-25-17-11-24-8-5-16(17)21-18(23)4-3-14-9-19-6-7-20-14/h6-7,9,16-17H,3-5,8,10-11H2,1-2H3,(H,21,23)/t16-,17-/m1/s1. The maximum atomic E-state index is 12.3. The summed E-state index contributed by atoms with van der Waals surface area (Å²) in [7, 11) is 0. The van der Waals surface area contributed by atoms with Crippen LogP contribution in [0.2, 0.25) is 0 Å². The molecule has 0 aliphatic carbocycles. The molecule has 1 N–H and O–H groups in total. The summed E-state index contributed by atoms with van der Waals surface area (Å²) in [6.45, 7) is 5.21. The van der Waals surface area contributed by atoms with Gasteiger partial charge in [-0.3, -0.25) is 14.8 Å². The van der Waals surface area contributed by atoms with Gasteiger partial charge in [0.05, 0.1) is 30.6 Å². The molecule has 0 radical (unpaired) electrons. The van der Waals surface area contributed by atoms with Crippen molar-refractivity contribution in [2.24, 2.45) is 0 Å². The van der Waals surface area contributed by atoms with Gasteiger partial charge in [-0.15, -0.1) is 0 Å². The maximum Gasteiger partial charge on any atom is 0.220 e. The zero-order valence-electron chi connectivity index (χ0n) is 15.1. The van der Waals surface area contributed by atoms with Crippen LogP contribution in [-0.4, -0.2) is 46.4 Å². The Kier molecular flexibility index (Phi) is 6.30. The molecule has 1 aliphatic rings. The van der Waals surface area contributed by atoms with Crippen molar-refractivity contribution in [3.8, 4) is 0 Å². The van der Waals surface area contributed by atoms with Gasteiger partial charge in [-0.1, -0.05) is 5.16 Å². The Bertz CT molecular complexity index is 700. The molecule has 0 saturated carbocycles. The van der Waals surface area contributed by atoms with Gasteiger partial charge >= 0.3 is 0 Å². The minimum Gasteiger partial charge on any atom is -0.379 e. The number of hydrogen-bond acceptors (Lipinski definition) is 7. The van der Waals surface area contributed by atoms with Gasteiger partial charge in [-0.25, -0.2) is 0 Å². The largest absolute Gasteiger partial charge is 0.379 e. The fourth-order valence-corrected chi connectivity index (χ4v) is 2.92. The Morgan fingerprint density at radius 2 is 2.27 bits per heavy atom. The van der Waals surface area contributed by atoms with Crippen LogP contribution in [0.25, 0.3) is 0 Å². The summed E-state index contributed by atoms with van der Waals surface area (Å²) in [6, 6.07) is -0.0708. The molecule has 2 aromatic rings. The first kappa shape index (κ1) is 18.5. The van der Waals surface area contributed by atoms with Crippen LogP contribution in [0.4, 0.5) is 0 Å². The molecule has 0 aromatic carbocycles. The van der Waals surface area contributed by atoms with Gasteiger partial charge in [0.15, 0.2) is 0 Å². The van der Waals surface area contributed by atoms with Gasteiger partial charge in [0.2, 0.25) is 5.91 Å². The van der Waals surface area contributed by atoms with Crippen molar-refractivity contribution >= 4 is 5.91 Å². The van der Waals surface area contributed by atoms with Gasteiger partial charge < -0.3 is 19.3 Å². The predicted octanol–water partition coefficient (Wildman–Crippen LogP) is 1.50. The SMILES string of the molecule is Cc1noc(C)c1CO[C@@H]1COCC[C@H]1NC(=O)CCc1cnccn1. The van der Waals surface area contributed by atoms with Crippen molar-refractivity contribution in [1.29, 1.82) is 0 Å². The first-order valence-corrected chi connectivity index (χ1v) is 8.79. The number of nitrogens with one attached hydrogen (secondary N) is 1. The lowest BCUT2D eigenvalue weighted by Gasteiger charge is -2.32. The molecule has 3 heterocycles. The number of amides is 1. The summed E-state index contributed by atoms with van der Waals surface area (Å²) in [6.07, 6.45) is 6.38. The van der Waals surface area contributed by atoms with Gasteiger partial charge in [-0.2, -0.15) is 0 Å². The van der Waals surface area contributed by atoms with Crippen LogP contribution in [0, 0.1) is 13.8 Å². The molecule has 2 aromatic heterocycles. The monoisotopic (exact) mass is 360 g/mol. The second-order valence-electron chi connectivity index (χ2n) is 6.39. The quantitative estimate of drug-likeness (QED) is 0.799. The van der Waals surface area contributed by atoms with E-state index in [0.717, 1.165) is 29.1 Å². The van der Waals surface area contributed by atoms with Crippen molar-refractivity contribution in [2.75, 3.05) is 13.2 Å². The van der Waals surface area contributed by atoms with E-state index < -0.39 is 0 Å². The second-order valence-corrected chi connectivity index (χ2v) is 6.39. The number of aryl methyl sites for hydroxylation is 3.